The van der Waals surface area contributed by atoms with E-state index in [1.165, 1.54) is 0 Å². The fourth-order valence-corrected chi connectivity index (χ4v) is 3.59. The predicted octanol–water partition coefficient (Wildman–Crippen LogP) is 4.45. The highest BCUT2D eigenvalue weighted by atomic mass is 16.5. The number of nitrogens with zero attached hydrogens (tertiary/aromatic N) is 1. The third-order valence-corrected chi connectivity index (χ3v) is 5.31. The molecule has 0 spiro atoms. The summed E-state index contributed by atoms with van der Waals surface area (Å²) in [5.74, 6) is 3.27. The van der Waals surface area contributed by atoms with Gasteiger partial charge in [-0.15, -0.1) is 0 Å². The minimum atomic E-state index is 0.00247. The monoisotopic (exact) mass is 468 g/mol. The van der Waals surface area contributed by atoms with E-state index >= 15 is 0 Å². The van der Waals surface area contributed by atoms with Gasteiger partial charge >= 0.3 is 0 Å². The summed E-state index contributed by atoms with van der Waals surface area (Å²) in [5.41, 5.74) is 2.75. The average Bonchev–Trinajstić information content (AvgIpc) is 3.33. The molecule has 0 aliphatic heterocycles. The highest BCUT2D eigenvalue weighted by Crippen LogP contribution is 2.38. The number of aryl methyl sites for hydroxylation is 1. The molecular formula is C26H32N2O6. The van der Waals surface area contributed by atoms with Crippen LogP contribution in [0.4, 0.5) is 0 Å². The maximum Gasteiger partial charge on any atom is 0.220 e. The molecule has 34 heavy (non-hydrogen) atoms. The molecule has 1 heterocycles. The number of carbonyl (C=O) groups excluding carboxylic acids is 1. The van der Waals surface area contributed by atoms with Gasteiger partial charge in [0.25, 0.3) is 0 Å². The molecule has 182 valence electrons. The van der Waals surface area contributed by atoms with E-state index in [0.29, 0.717) is 61.8 Å². The van der Waals surface area contributed by atoms with Crippen LogP contribution in [0.5, 0.6) is 23.0 Å². The van der Waals surface area contributed by atoms with Gasteiger partial charge in [-0.3, -0.25) is 4.79 Å². The Labute approximate surface area is 200 Å². The van der Waals surface area contributed by atoms with Gasteiger partial charge in [0, 0.05) is 24.6 Å². The summed E-state index contributed by atoms with van der Waals surface area (Å²) in [4.78, 5) is 12.2. The quantitative estimate of drug-likeness (QED) is 0.396. The van der Waals surface area contributed by atoms with Crippen LogP contribution >= 0.6 is 0 Å². The lowest BCUT2D eigenvalue weighted by atomic mass is 10.1. The molecular weight excluding hydrogens is 436 g/mol. The Morgan fingerprint density at radius 2 is 1.68 bits per heavy atom. The van der Waals surface area contributed by atoms with Crippen LogP contribution in [0.1, 0.15) is 31.0 Å². The van der Waals surface area contributed by atoms with Gasteiger partial charge in [-0.05, 0) is 68.1 Å². The van der Waals surface area contributed by atoms with Crippen molar-refractivity contribution in [3.63, 3.8) is 0 Å². The van der Waals surface area contributed by atoms with Crippen LogP contribution in [0.2, 0.25) is 0 Å². The van der Waals surface area contributed by atoms with Gasteiger partial charge in [-0.1, -0.05) is 5.16 Å². The number of hydrogen-bond acceptors (Lipinski definition) is 7. The highest BCUT2D eigenvalue weighted by Gasteiger charge is 2.13. The maximum atomic E-state index is 12.2. The third-order valence-electron chi connectivity index (χ3n) is 5.31. The van der Waals surface area contributed by atoms with Gasteiger partial charge in [0.2, 0.25) is 11.7 Å². The Bertz CT molecular complexity index is 1040. The lowest BCUT2D eigenvalue weighted by Gasteiger charge is -2.14. The van der Waals surface area contributed by atoms with E-state index < -0.39 is 0 Å². The molecule has 0 saturated heterocycles. The van der Waals surface area contributed by atoms with Crippen LogP contribution in [-0.2, 0) is 17.6 Å². The first-order chi connectivity index (χ1) is 16.6. The van der Waals surface area contributed by atoms with Gasteiger partial charge in [0.1, 0.15) is 5.75 Å². The summed E-state index contributed by atoms with van der Waals surface area (Å²) < 4.78 is 27.0. The zero-order valence-corrected chi connectivity index (χ0v) is 20.2. The van der Waals surface area contributed by atoms with Crippen LogP contribution in [0.15, 0.2) is 47.0 Å². The molecule has 0 unspecified atom stereocenters. The van der Waals surface area contributed by atoms with Crippen molar-refractivity contribution in [3.05, 3.63) is 53.7 Å². The average molecular weight is 469 g/mol. The lowest BCUT2D eigenvalue weighted by molar-refractivity contribution is -0.121. The van der Waals surface area contributed by atoms with Crippen molar-refractivity contribution in [1.82, 2.24) is 10.5 Å². The second-order valence-corrected chi connectivity index (χ2v) is 7.63. The smallest absolute Gasteiger partial charge is 0.220 e. The fraction of sp³-hybridized carbons (Fsp3) is 0.385. The van der Waals surface area contributed by atoms with Crippen molar-refractivity contribution >= 4 is 5.91 Å². The number of methoxy groups -OCH3 is 3. The van der Waals surface area contributed by atoms with Crippen molar-refractivity contribution in [2.45, 2.75) is 32.6 Å². The summed E-state index contributed by atoms with van der Waals surface area (Å²) in [6.45, 7) is 3.10. The molecule has 0 fully saturated rings. The number of benzene rings is 2. The maximum absolute atomic E-state index is 12.2. The molecule has 0 aliphatic carbocycles. The molecule has 1 aromatic heterocycles. The number of rotatable bonds is 13. The van der Waals surface area contributed by atoms with Crippen molar-refractivity contribution in [1.29, 1.82) is 0 Å². The SMILES string of the molecule is CCOc1ccc(-c2cc(CCCC(=O)NCCc3cc(OC)c(OC)c(OC)c3)no2)cc1. The van der Waals surface area contributed by atoms with Gasteiger partial charge in [0.15, 0.2) is 17.3 Å². The van der Waals surface area contributed by atoms with Crippen LogP contribution < -0.4 is 24.3 Å². The van der Waals surface area contributed by atoms with Crippen LogP contribution in [0.25, 0.3) is 11.3 Å². The number of aromatic nitrogens is 1. The Morgan fingerprint density at radius 3 is 2.29 bits per heavy atom. The van der Waals surface area contributed by atoms with Crippen molar-refractivity contribution in [2.24, 2.45) is 0 Å². The first-order valence-electron chi connectivity index (χ1n) is 11.3. The molecule has 0 atom stereocenters. The van der Waals surface area contributed by atoms with Gasteiger partial charge in [-0.25, -0.2) is 0 Å². The minimum absolute atomic E-state index is 0.00247. The first kappa shape index (κ1) is 25.0. The number of carbonyl (C=O) groups is 1. The van der Waals surface area contributed by atoms with Crippen molar-refractivity contribution in [3.8, 4) is 34.3 Å². The van der Waals surface area contributed by atoms with Crippen LogP contribution in [-0.4, -0.2) is 45.5 Å². The zero-order valence-electron chi connectivity index (χ0n) is 20.2. The van der Waals surface area contributed by atoms with Crippen molar-refractivity contribution in [2.75, 3.05) is 34.5 Å². The van der Waals surface area contributed by atoms with Gasteiger partial charge < -0.3 is 28.8 Å². The number of amides is 1. The summed E-state index contributed by atoms with van der Waals surface area (Å²) in [5, 5.41) is 7.08. The molecule has 1 N–H and O–H groups in total. The molecule has 0 bridgehead atoms. The summed E-state index contributed by atoms with van der Waals surface area (Å²) in [6, 6.07) is 13.4. The van der Waals surface area contributed by atoms with Gasteiger partial charge in [0.05, 0.1) is 33.6 Å². The van der Waals surface area contributed by atoms with E-state index in [1.807, 2.05) is 49.4 Å². The molecule has 0 radical (unpaired) electrons. The van der Waals surface area contributed by atoms with E-state index in [9.17, 15) is 4.79 Å². The molecule has 8 nitrogen and oxygen atoms in total. The zero-order chi connectivity index (χ0) is 24.3. The first-order valence-corrected chi connectivity index (χ1v) is 11.3. The van der Waals surface area contributed by atoms with Crippen molar-refractivity contribution < 1.29 is 28.3 Å². The van der Waals surface area contributed by atoms with E-state index in [4.69, 9.17) is 23.5 Å². The molecule has 2 aromatic carbocycles. The normalized spacial score (nSPS) is 10.6. The molecule has 0 aliphatic rings. The summed E-state index contributed by atoms with van der Waals surface area (Å²) >= 11 is 0. The van der Waals surface area contributed by atoms with E-state index in [2.05, 4.69) is 10.5 Å². The van der Waals surface area contributed by atoms with E-state index in [-0.39, 0.29) is 5.91 Å². The summed E-state index contributed by atoms with van der Waals surface area (Å²) in [6.07, 6.45) is 2.42. The number of ether oxygens (including phenoxy) is 4. The molecule has 3 rings (SSSR count). The minimum Gasteiger partial charge on any atom is -0.494 e. The summed E-state index contributed by atoms with van der Waals surface area (Å²) in [7, 11) is 4.73. The standard InChI is InChI=1S/C26H32N2O6/c1-5-33-21-11-9-19(10-12-21)22-17-20(28-34-22)7-6-8-25(29)27-14-13-18-15-23(30-2)26(32-4)24(16-18)31-3/h9-12,15-17H,5-8,13-14H2,1-4H3,(H,27,29). The fourth-order valence-electron chi connectivity index (χ4n) is 3.59. The van der Waals surface area contributed by atoms with Gasteiger partial charge in [-0.2, -0.15) is 0 Å². The highest BCUT2D eigenvalue weighted by molar-refractivity contribution is 5.75. The largest absolute Gasteiger partial charge is 0.494 e. The Kier molecular flexibility index (Phi) is 9.20. The van der Waals surface area contributed by atoms with Crippen LogP contribution in [0.3, 0.4) is 0 Å². The van der Waals surface area contributed by atoms with E-state index in [0.717, 1.165) is 22.6 Å². The number of nitrogens with one attached hydrogen (secondary N) is 1. The topological polar surface area (TPSA) is 92.1 Å². The molecule has 0 saturated carbocycles. The van der Waals surface area contributed by atoms with Crippen LogP contribution in [0, 0.1) is 0 Å². The Balaban J connectivity index is 1.42. The Morgan fingerprint density at radius 1 is 0.971 bits per heavy atom. The Hall–Kier alpha value is -3.68. The third kappa shape index (κ3) is 6.66. The predicted molar refractivity (Wildman–Crippen MR) is 129 cm³/mol. The van der Waals surface area contributed by atoms with E-state index in [1.54, 1.807) is 21.3 Å². The molecule has 8 heteroatoms. The molecule has 1 amide bonds. The second-order valence-electron chi connectivity index (χ2n) is 7.63. The second kappa shape index (κ2) is 12.5. The molecule has 3 aromatic rings. The lowest BCUT2D eigenvalue weighted by Crippen LogP contribution is -2.25. The number of hydrogen-bond donors (Lipinski definition) is 1.